The maximum Gasteiger partial charge on any atom is 0.232 e. The van der Waals surface area contributed by atoms with Crippen LogP contribution in [0.2, 0.25) is 0 Å². The molecule has 1 atom stereocenters. The van der Waals surface area contributed by atoms with Gasteiger partial charge in [-0.15, -0.1) is 0 Å². The number of nitrogens with zero attached hydrogens (tertiary/aromatic N) is 2. The molecule has 0 saturated carbocycles. The van der Waals surface area contributed by atoms with Crippen LogP contribution in [0, 0.1) is 5.92 Å². The second kappa shape index (κ2) is 8.98. The van der Waals surface area contributed by atoms with E-state index in [1.54, 1.807) is 12.4 Å². The molecule has 21 heavy (non-hydrogen) atoms. The summed E-state index contributed by atoms with van der Waals surface area (Å²) in [5.41, 5.74) is 1.03. The number of hydrogen-bond donors (Lipinski definition) is 1. The summed E-state index contributed by atoms with van der Waals surface area (Å²) in [7, 11) is 0. The lowest BCUT2D eigenvalue weighted by Crippen LogP contribution is -2.35. The molecule has 1 unspecified atom stereocenters. The summed E-state index contributed by atoms with van der Waals surface area (Å²) in [6, 6.07) is 0. The van der Waals surface area contributed by atoms with Crippen molar-refractivity contribution < 1.29 is 4.74 Å². The molecule has 0 saturated heterocycles. The molecule has 4 nitrogen and oxygen atoms in total. The maximum absolute atomic E-state index is 5.76. The highest BCUT2D eigenvalue weighted by molar-refractivity contribution is 5.07. The molecule has 0 radical (unpaired) electrons. The molecule has 0 fully saturated rings. The van der Waals surface area contributed by atoms with Gasteiger partial charge >= 0.3 is 0 Å². The molecule has 0 amide bonds. The van der Waals surface area contributed by atoms with Gasteiger partial charge in [-0.2, -0.15) is 0 Å². The van der Waals surface area contributed by atoms with Crippen LogP contribution in [0.1, 0.15) is 66.0 Å². The van der Waals surface area contributed by atoms with Gasteiger partial charge in [0.05, 0.1) is 24.7 Å². The molecule has 1 heterocycles. The van der Waals surface area contributed by atoms with Gasteiger partial charge in [-0.3, -0.25) is 4.98 Å². The number of hydrogen-bond acceptors (Lipinski definition) is 4. The number of unbranched alkanes of at least 4 members (excludes halogenated alkanes) is 1. The SMILES string of the molecule is CCCCC(CC)COc1cnc(CNC(C)(C)C)cn1. The lowest BCUT2D eigenvalue weighted by molar-refractivity contribution is 0.225. The zero-order valence-corrected chi connectivity index (χ0v) is 14.3. The third-order valence-corrected chi connectivity index (χ3v) is 3.49. The number of rotatable bonds is 9. The van der Waals surface area contributed by atoms with Crippen LogP contribution in [-0.4, -0.2) is 22.1 Å². The van der Waals surface area contributed by atoms with Crippen molar-refractivity contribution in [2.45, 2.75) is 72.4 Å². The van der Waals surface area contributed by atoms with E-state index in [0.29, 0.717) is 11.8 Å². The Labute approximate surface area is 129 Å². The molecule has 1 rings (SSSR count). The number of ether oxygens (including phenoxy) is 1. The number of nitrogens with one attached hydrogen (secondary N) is 1. The summed E-state index contributed by atoms with van der Waals surface area (Å²) in [4.78, 5) is 8.74. The Balaban J connectivity index is 2.39. The monoisotopic (exact) mass is 293 g/mol. The molecule has 0 aromatic carbocycles. The summed E-state index contributed by atoms with van der Waals surface area (Å²) >= 11 is 0. The van der Waals surface area contributed by atoms with Crippen LogP contribution in [0.3, 0.4) is 0 Å². The molecule has 120 valence electrons. The van der Waals surface area contributed by atoms with E-state index in [1.165, 1.54) is 19.3 Å². The van der Waals surface area contributed by atoms with Crippen LogP contribution in [0.25, 0.3) is 0 Å². The van der Waals surface area contributed by atoms with Crippen LogP contribution in [0.5, 0.6) is 5.88 Å². The molecule has 0 spiro atoms. The van der Waals surface area contributed by atoms with Crippen LogP contribution in [0.15, 0.2) is 12.4 Å². The standard InChI is InChI=1S/C17H31N3O/c1-6-8-9-14(7-2)13-21-16-12-18-15(10-19-16)11-20-17(3,4)5/h10,12,14,20H,6-9,11,13H2,1-5H3. The normalized spacial score (nSPS) is 13.2. The van der Waals surface area contributed by atoms with Crippen LogP contribution in [0.4, 0.5) is 0 Å². The third-order valence-electron chi connectivity index (χ3n) is 3.49. The van der Waals surface area contributed by atoms with E-state index in [1.807, 2.05) is 0 Å². The Bertz CT molecular complexity index is 384. The molecule has 1 N–H and O–H groups in total. The highest BCUT2D eigenvalue weighted by Crippen LogP contribution is 2.14. The van der Waals surface area contributed by atoms with Crippen molar-refractivity contribution in [3.8, 4) is 5.88 Å². The highest BCUT2D eigenvalue weighted by atomic mass is 16.5. The van der Waals surface area contributed by atoms with E-state index in [0.717, 1.165) is 25.3 Å². The molecule has 0 aliphatic carbocycles. The summed E-state index contributed by atoms with van der Waals surface area (Å²) < 4.78 is 5.76. The predicted molar refractivity (Wildman–Crippen MR) is 87.4 cm³/mol. The Morgan fingerprint density at radius 2 is 1.95 bits per heavy atom. The summed E-state index contributed by atoms with van der Waals surface area (Å²) in [6.07, 6.45) is 8.42. The molecule has 0 aliphatic rings. The van der Waals surface area contributed by atoms with Crippen LogP contribution in [-0.2, 0) is 6.54 Å². The van der Waals surface area contributed by atoms with Gasteiger partial charge in [0, 0.05) is 12.1 Å². The lowest BCUT2D eigenvalue weighted by atomic mass is 10.0. The van der Waals surface area contributed by atoms with Crippen molar-refractivity contribution in [2.24, 2.45) is 5.92 Å². The van der Waals surface area contributed by atoms with Gasteiger partial charge in [0.25, 0.3) is 0 Å². The summed E-state index contributed by atoms with van der Waals surface area (Å²) in [6.45, 7) is 12.3. The van der Waals surface area contributed by atoms with Gasteiger partial charge in [0.1, 0.15) is 0 Å². The van der Waals surface area contributed by atoms with E-state index < -0.39 is 0 Å². The Kier molecular flexibility index (Phi) is 7.65. The topological polar surface area (TPSA) is 47.0 Å². The fourth-order valence-corrected chi connectivity index (χ4v) is 1.97. The number of aromatic nitrogens is 2. The minimum absolute atomic E-state index is 0.0878. The molecule has 0 bridgehead atoms. The van der Waals surface area contributed by atoms with Gasteiger partial charge in [0.2, 0.25) is 5.88 Å². The van der Waals surface area contributed by atoms with Crippen molar-refractivity contribution in [2.75, 3.05) is 6.61 Å². The quantitative estimate of drug-likeness (QED) is 0.748. The molecule has 1 aromatic rings. The largest absolute Gasteiger partial charge is 0.476 e. The average Bonchev–Trinajstić information content (AvgIpc) is 2.46. The minimum Gasteiger partial charge on any atom is -0.476 e. The van der Waals surface area contributed by atoms with E-state index in [9.17, 15) is 0 Å². The van der Waals surface area contributed by atoms with E-state index in [4.69, 9.17) is 4.74 Å². The molecule has 1 aromatic heterocycles. The molecule has 4 heteroatoms. The van der Waals surface area contributed by atoms with E-state index in [-0.39, 0.29) is 5.54 Å². The first-order valence-corrected chi connectivity index (χ1v) is 8.13. The Morgan fingerprint density at radius 3 is 2.48 bits per heavy atom. The lowest BCUT2D eigenvalue weighted by Gasteiger charge is -2.20. The zero-order valence-electron chi connectivity index (χ0n) is 14.3. The van der Waals surface area contributed by atoms with Gasteiger partial charge in [0.15, 0.2) is 0 Å². The van der Waals surface area contributed by atoms with Gasteiger partial charge in [-0.05, 0) is 33.1 Å². The van der Waals surface area contributed by atoms with E-state index in [2.05, 4.69) is 49.9 Å². The first-order chi connectivity index (χ1) is 9.94. The smallest absolute Gasteiger partial charge is 0.232 e. The van der Waals surface area contributed by atoms with Crippen molar-refractivity contribution >= 4 is 0 Å². The van der Waals surface area contributed by atoms with Crippen molar-refractivity contribution in [3.05, 3.63) is 18.1 Å². The highest BCUT2D eigenvalue weighted by Gasteiger charge is 2.10. The second-order valence-corrected chi connectivity index (χ2v) is 6.68. The molecule has 0 aliphatic heterocycles. The summed E-state index contributed by atoms with van der Waals surface area (Å²) in [5.74, 6) is 1.25. The third kappa shape index (κ3) is 8.00. The zero-order chi connectivity index (χ0) is 15.7. The molecular formula is C17H31N3O. The van der Waals surface area contributed by atoms with Crippen LogP contribution < -0.4 is 10.1 Å². The minimum atomic E-state index is 0.0878. The predicted octanol–water partition coefficient (Wildman–Crippen LogP) is 3.96. The first kappa shape index (κ1) is 17.9. The van der Waals surface area contributed by atoms with Crippen molar-refractivity contribution in [1.82, 2.24) is 15.3 Å². The first-order valence-electron chi connectivity index (χ1n) is 8.13. The average molecular weight is 293 g/mol. The van der Waals surface area contributed by atoms with Gasteiger partial charge in [-0.1, -0.05) is 33.1 Å². The van der Waals surface area contributed by atoms with Crippen molar-refractivity contribution in [3.63, 3.8) is 0 Å². The fourth-order valence-electron chi connectivity index (χ4n) is 1.97. The van der Waals surface area contributed by atoms with E-state index >= 15 is 0 Å². The van der Waals surface area contributed by atoms with Gasteiger partial charge < -0.3 is 10.1 Å². The van der Waals surface area contributed by atoms with Gasteiger partial charge in [-0.25, -0.2) is 4.98 Å². The van der Waals surface area contributed by atoms with Crippen molar-refractivity contribution in [1.29, 1.82) is 0 Å². The van der Waals surface area contributed by atoms with Crippen LogP contribution >= 0.6 is 0 Å². The Hall–Kier alpha value is -1.16. The second-order valence-electron chi connectivity index (χ2n) is 6.68. The Morgan fingerprint density at radius 1 is 1.19 bits per heavy atom. The maximum atomic E-state index is 5.76. The summed E-state index contributed by atoms with van der Waals surface area (Å²) in [5, 5.41) is 3.40. The fraction of sp³-hybridized carbons (Fsp3) is 0.765. The molecular weight excluding hydrogens is 262 g/mol.